The van der Waals surface area contributed by atoms with E-state index < -0.39 is 11.9 Å². The van der Waals surface area contributed by atoms with Gasteiger partial charge in [-0.15, -0.1) is 0 Å². The van der Waals surface area contributed by atoms with Crippen molar-refractivity contribution in [3.05, 3.63) is 0 Å². The van der Waals surface area contributed by atoms with Gasteiger partial charge in [0, 0.05) is 31.1 Å². The number of hydrogen-bond donors (Lipinski definition) is 2. The van der Waals surface area contributed by atoms with E-state index in [1.807, 2.05) is 11.8 Å². The van der Waals surface area contributed by atoms with E-state index in [1.165, 1.54) is 0 Å². The molecule has 0 bridgehead atoms. The molecule has 88 valence electrons. The Hall–Kier alpha value is -1.08. The second-order valence-electron chi connectivity index (χ2n) is 3.59. The molecule has 0 saturated carbocycles. The summed E-state index contributed by atoms with van der Waals surface area (Å²) < 4.78 is 0. The molecule has 3 amide bonds. The molecule has 0 aliphatic carbocycles. The third-order valence-corrected chi connectivity index (χ3v) is 3.41. The Kier molecular flexibility index (Phi) is 3.79. The summed E-state index contributed by atoms with van der Waals surface area (Å²) in [5, 5.41) is 4.49. The quantitative estimate of drug-likeness (QED) is 0.640. The van der Waals surface area contributed by atoms with Gasteiger partial charge in [0.1, 0.15) is 0 Å². The molecule has 2 N–H and O–H groups in total. The Bertz CT molecular complexity index is 325. The molecular formula is C9H14N4O2S. The highest BCUT2D eigenvalue weighted by molar-refractivity contribution is 7.99. The lowest BCUT2D eigenvalue weighted by molar-refractivity contribution is -0.113. The van der Waals surface area contributed by atoms with Gasteiger partial charge in [-0.2, -0.15) is 11.8 Å². The van der Waals surface area contributed by atoms with Gasteiger partial charge in [-0.25, -0.2) is 4.79 Å². The molecule has 2 saturated heterocycles. The van der Waals surface area contributed by atoms with Crippen molar-refractivity contribution in [2.24, 2.45) is 4.99 Å². The van der Waals surface area contributed by atoms with Crippen molar-refractivity contribution in [3.8, 4) is 0 Å². The van der Waals surface area contributed by atoms with Gasteiger partial charge in [0.05, 0.1) is 6.54 Å². The summed E-state index contributed by atoms with van der Waals surface area (Å²) in [5.74, 6) is 2.03. The van der Waals surface area contributed by atoms with Crippen molar-refractivity contribution in [2.75, 3.05) is 37.7 Å². The summed E-state index contributed by atoms with van der Waals surface area (Å²) in [5.41, 5.74) is 0. The summed E-state index contributed by atoms with van der Waals surface area (Å²) in [6.07, 6.45) is 0. The molecule has 0 aromatic rings. The van der Waals surface area contributed by atoms with Crippen LogP contribution in [0.2, 0.25) is 0 Å². The van der Waals surface area contributed by atoms with Crippen molar-refractivity contribution in [2.45, 2.75) is 0 Å². The Morgan fingerprint density at radius 1 is 1.25 bits per heavy atom. The van der Waals surface area contributed by atoms with Crippen LogP contribution in [0.1, 0.15) is 0 Å². The number of nitrogens with one attached hydrogen (secondary N) is 2. The van der Waals surface area contributed by atoms with E-state index in [0.717, 1.165) is 31.1 Å². The molecule has 6 nitrogen and oxygen atoms in total. The molecule has 2 heterocycles. The van der Waals surface area contributed by atoms with Crippen LogP contribution in [0.4, 0.5) is 4.79 Å². The number of nitrogens with zero attached hydrogens (tertiary/aromatic N) is 2. The predicted molar refractivity (Wildman–Crippen MR) is 62.7 cm³/mol. The second-order valence-corrected chi connectivity index (χ2v) is 4.82. The number of thioether (sulfide) groups is 1. The van der Waals surface area contributed by atoms with Crippen LogP contribution >= 0.6 is 11.8 Å². The summed E-state index contributed by atoms with van der Waals surface area (Å²) in [4.78, 5) is 28.3. The number of hydrogen-bond acceptors (Lipinski definition) is 5. The number of rotatable bonds is 3. The van der Waals surface area contributed by atoms with Gasteiger partial charge in [-0.1, -0.05) is 0 Å². The maximum atomic E-state index is 11.1. The lowest BCUT2D eigenvalue weighted by Gasteiger charge is -2.25. The highest BCUT2D eigenvalue weighted by atomic mass is 32.2. The molecule has 2 aliphatic heterocycles. The monoisotopic (exact) mass is 242 g/mol. The zero-order valence-electron chi connectivity index (χ0n) is 8.86. The normalized spacial score (nSPS) is 24.6. The summed E-state index contributed by atoms with van der Waals surface area (Å²) in [6.45, 7) is 3.54. The van der Waals surface area contributed by atoms with Gasteiger partial charge in [-0.3, -0.25) is 25.3 Å². The first-order valence-corrected chi connectivity index (χ1v) is 6.38. The Morgan fingerprint density at radius 3 is 2.62 bits per heavy atom. The first-order valence-electron chi connectivity index (χ1n) is 5.22. The molecule has 0 aromatic carbocycles. The summed E-state index contributed by atoms with van der Waals surface area (Å²) >= 11 is 1.96. The zero-order chi connectivity index (χ0) is 11.4. The van der Waals surface area contributed by atoms with Crippen LogP contribution in [0.3, 0.4) is 0 Å². The van der Waals surface area contributed by atoms with Gasteiger partial charge < -0.3 is 0 Å². The fourth-order valence-corrected chi connectivity index (χ4v) is 2.58. The SMILES string of the molecule is O=C1NC(=O)C(=NCCN2CCSCC2)N1. The van der Waals surface area contributed by atoms with E-state index in [9.17, 15) is 9.59 Å². The highest BCUT2D eigenvalue weighted by Crippen LogP contribution is 2.08. The van der Waals surface area contributed by atoms with E-state index in [0.29, 0.717) is 6.54 Å². The van der Waals surface area contributed by atoms with Crippen LogP contribution in [0.5, 0.6) is 0 Å². The maximum Gasteiger partial charge on any atom is 0.327 e. The van der Waals surface area contributed by atoms with Gasteiger partial charge in [-0.05, 0) is 0 Å². The number of carbonyl (C=O) groups excluding carboxylic acids is 2. The van der Waals surface area contributed by atoms with Gasteiger partial charge in [0.15, 0.2) is 5.84 Å². The molecule has 0 spiro atoms. The topological polar surface area (TPSA) is 73.8 Å². The first-order chi connectivity index (χ1) is 7.75. The zero-order valence-corrected chi connectivity index (χ0v) is 9.68. The molecule has 0 unspecified atom stereocenters. The minimum atomic E-state index is -0.488. The second kappa shape index (κ2) is 5.31. The lowest BCUT2D eigenvalue weighted by atomic mass is 10.4. The van der Waals surface area contributed by atoms with E-state index in [1.54, 1.807) is 0 Å². The molecule has 7 heteroatoms. The van der Waals surface area contributed by atoms with Crippen LogP contribution in [0.25, 0.3) is 0 Å². The standard InChI is InChI=1S/C9H14N4O2S/c14-8-7(11-9(15)12-8)10-1-2-13-3-5-16-6-4-13/h1-6H2,(H2,10,11,12,14,15). The van der Waals surface area contributed by atoms with Crippen LogP contribution in [0, 0.1) is 0 Å². The number of aliphatic imine (C=N–C) groups is 1. The molecule has 0 aromatic heterocycles. The molecule has 0 radical (unpaired) electrons. The largest absolute Gasteiger partial charge is 0.327 e. The van der Waals surface area contributed by atoms with Crippen LogP contribution in [-0.2, 0) is 4.79 Å². The minimum Gasteiger partial charge on any atom is -0.300 e. The van der Waals surface area contributed by atoms with Crippen LogP contribution in [-0.4, -0.2) is 60.4 Å². The van der Waals surface area contributed by atoms with Crippen molar-refractivity contribution in [1.82, 2.24) is 15.5 Å². The Labute approximate surface area is 97.8 Å². The van der Waals surface area contributed by atoms with Gasteiger partial charge >= 0.3 is 6.03 Å². The summed E-state index contributed by atoms with van der Waals surface area (Å²) in [6, 6.07) is -0.488. The van der Waals surface area contributed by atoms with Crippen molar-refractivity contribution in [3.63, 3.8) is 0 Å². The van der Waals surface area contributed by atoms with Gasteiger partial charge in [0.2, 0.25) is 0 Å². The number of urea groups is 1. The van der Waals surface area contributed by atoms with E-state index in [4.69, 9.17) is 0 Å². The lowest BCUT2D eigenvalue weighted by Crippen LogP contribution is -2.35. The van der Waals surface area contributed by atoms with Crippen molar-refractivity contribution < 1.29 is 9.59 Å². The number of imide groups is 1. The molecule has 2 aliphatic rings. The fourth-order valence-electron chi connectivity index (χ4n) is 1.60. The Morgan fingerprint density at radius 2 is 2.00 bits per heavy atom. The van der Waals surface area contributed by atoms with E-state index in [2.05, 4.69) is 20.5 Å². The minimum absolute atomic E-state index is 0.136. The van der Waals surface area contributed by atoms with E-state index >= 15 is 0 Å². The van der Waals surface area contributed by atoms with Crippen molar-refractivity contribution >= 4 is 29.5 Å². The van der Waals surface area contributed by atoms with Crippen LogP contribution < -0.4 is 10.6 Å². The predicted octanol–water partition coefficient (Wildman–Crippen LogP) is -0.727. The molecule has 0 atom stereocenters. The third kappa shape index (κ3) is 2.96. The Balaban J connectivity index is 1.76. The van der Waals surface area contributed by atoms with Gasteiger partial charge in [0.25, 0.3) is 5.91 Å². The molecule has 2 rings (SSSR count). The maximum absolute atomic E-state index is 11.1. The third-order valence-electron chi connectivity index (χ3n) is 2.46. The number of carbonyl (C=O) groups is 2. The number of amides is 3. The van der Waals surface area contributed by atoms with Crippen molar-refractivity contribution in [1.29, 1.82) is 0 Å². The first kappa shape index (κ1) is 11.4. The molecule has 2 fully saturated rings. The highest BCUT2D eigenvalue weighted by Gasteiger charge is 2.24. The number of amidine groups is 1. The fraction of sp³-hybridized carbons (Fsp3) is 0.667. The molecular weight excluding hydrogens is 228 g/mol. The molecule has 16 heavy (non-hydrogen) atoms. The van der Waals surface area contributed by atoms with E-state index in [-0.39, 0.29) is 5.84 Å². The summed E-state index contributed by atoms with van der Waals surface area (Å²) in [7, 11) is 0. The van der Waals surface area contributed by atoms with Crippen LogP contribution in [0.15, 0.2) is 4.99 Å². The smallest absolute Gasteiger partial charge is 0.300 e. The average molecular weight is 242 g/mol. The average Bonchev–Trinajstić information content (AvgIpc) is 2.59.